The van der Waals surface area contributed by atoms with E-state index in [9.17, 15) is 14.4 Å². The van der Waals surface area contributed by atoms with Crippen LogP contribution in [-0.2, 0) is 28.6 Å². The number of unbranched alkanes of at least 4 members (excludes halogenated alkanes) is 26. The topological polar surface area (TPSA) is 78.9 Å². The molecule has 0 bridgehead atoms. The lowest BCUT2D eigenvalue weighted by Gasteiger charge is -2.18. The molecule has 0 aliphatic carbocycles. The van der Waals surface area contributed by atoms with E-state index in [1.807, 2.05) is 0 Å². The number of ether oxygens (including phenoxy) is 3. The Hall–Kier alpha value is -2.63. The minimum absolute atomic E-state index is 0.0794. The first-order valence-electron chi connectivity index (χ1n) is 25.1. The Morgan fingerprint density at radius 2 is 0.644 bits per heavy atom. The summed E-state index contributed by atoms with van der Waals surface area (Å²) in [7, 11) is 0. The Bertz CT molecular complexity index is 1040. The highest BCUT2D eigenvalue weighted by Crippen LogP contribution is 2.14. The molecule has 0 aliphatic heterocycles. The Balaban J connectivity index is 4.28. The fourth-order valence-electron chi connectivity index (χ4n) is 6.98. The molecule has 6 heteroatoms. The summed E-state index contributed by atoms with van der Waals surface area (Å²) in [6.07, 6.45) is 56.7. The monoisotopic (exact) mass is 827 g/mol. The molecule has 342 valence electrons. The van der Waals surface area contributed by atoms with Gasteiger partial charge in [-0.25, -0.2) is 0 Å². The molecule has 0 saturated carbocycles. The molecule has 0 spiro atoms. The van der Waals surface area contributed by atoms with Gasteiger partial charge in [-0.05, 0) is 77.0 Å². The minimum Gasteiger partial charge on any atom is -0.462 e. The summed E-state index contributed by atoms with van der Waals surface area (Å²) in [5, 5.41) is 0. The van der Waals surface area contributed by atoms with Gasteiger partial charge in [0.2, 0.25) is 0 Å². The molecule has 0 rings (SSSR count). The molecule has 0 amide bonds. The molecule has 0 heterocycles. The molecule has 1 atom stereocenters. The third-order valence-corrected chi connectivity index (χ3v) is 10.8. The van der Waals surface area contributed by atoms with E-state index in [0.717, 1.165) is 96.3 Å². The Kier molecular flexibility index (Phi) is 45.9. The van der Waals surface area contributed by atoms with Gasteiger partial charge in [0.25, 0.3) is 0 Å². The molecule has 59 heavy (non-hydrogen) atoms. The van der Waals surface area contributed by atoms with E-state index in [1.165, 1.54) is 116 Å². The van der Waals surface area contributed by atoms with E-state index in [4.69, 9.17) is 14.2 Å². The van der Waals surface area contributed by atoms with Crippen LogP contribution in [0.5, 0.6) is 0 Å². The zero-order valence-corrected chi connectivity index (χ0v) is 39.0. The Morgan fingerprint density at radius 3 is 1.03 bits per heavy atom. The highest BCUT2D eigenvalue weighted by molar-refractivity contribution is 5.71. The predicted octanol–water partition coefficient (Wildman–Crippen LogP) is 16.3. The molecule has 0 aromatic rings. The standard InChI is InChI=1S/C53H94O6/c1-4-7-10-13-16-19-22-23-24-25-26-27-28-29-30-31-32-35-37-40-43-46-52(55)58-49-50(59-53(56)47-44-41-38-34-21-18-15-12-9-6-3)48-57-51(54)45-42-39-36-33-20-17-14-11-8-5-2/h12,15,22-23,25-26,28-29,50H,4-11,13-14,16-21,24,27,30-49H2,1-3H3/b15-12-,23-22-,26-25-,29-28-. The van der Waals surface area contributed by atoms with Crippen molar-refractivity contribution in [1.82, 2.24) is 0 Å². The van der Waals surface area contributed by atoms with Gasteiger partial charge < -0.3 is 14.2 Å². The number of rotatable bonds is 45. The lowest BCUT2D eigenvalue weighted by molar-refractivity contribution is -0.167. The lowest BCUT2D eigenvalue weighted by atomic mass is 10.1. The number of hydrogen-bond acceptors (Lipinski definition) is 6. The van der Waals surface area contributed by atoms with Crippen molar-refractivity contribution in [3.05, 3.63) is 48.6 Å². The highest BCUT2D eigenvalue weighted by atomic mass is 16.6. The molecule has 0 radical (unpaired) electrons. The van der Waals surface area contributed by atoms with E-state index in [1.54, 1.807) is 0 Å². The van der Waals surface area contributed by atoms with Gasteiger partial charge in [-0.3, -0.25) is 14.4 Å². The van der Waals surface area contributed by atoms with E-state index < -0.39 is 6.10 Å². The van der Waals surface area contributed by atoms with Crippen molar-refractivity contribution < 1.29 is 28.6 Å². The molecular formula is C53H94O6. The molecule has 0 N–H and O–H groups in total. The SMILES string of the molecule is CCC/C=C\CCCCCCCC(=O)OC(COC(=O)CCCCCCCC/C=C\C/C=C\C/C=C\CCCCCCC)COC(=O)CCCCCCCCCCCC. The van der Waals surface area contributed by atoms with Crippen LogP contribution in [-0.4, -0.2) is 37.2 Å². The number of carbonyl (C=O) groups is 3. The van der Waals surface area contributed by atoms with Crippen molar-refractivity contribution in [2.75, 3.05) is 13.2 Å². The zero-order valence-electron chi connectivity index (χ0n) is 39.0. The van der Waals surface area contributed by atoms with Crippen molar-refractivity contribution in [3.63, 3.8) is 0 Å². The third-order valence-electron chi connectivity index (χ3n) is 10.8. The summed E-state index contributed by atoms with van der Waals surface area (Å²) in [4.78, 5) is 37.8. The van der Waals surface area contributed by atoms with Crippen molar-refractivity contribution in [2.24, 2.45) is 0 Å². The predicted molar refractivity (Wildman–Crippen MR) is 252 cm³/mol. The van der Waals surface area contributed by atoms with E-state index >= 15 is 0 Å². The van der Waals surface area contributed by atoms with E-state index in [0.29, 0.717) is 19.3 Å². The maximum absolute atomic E-state index is 12.7. The smallest absolute Gasteiger partial charge is 0.306 e. The maximum atomic E-state index is 12.7. The molecule has 0 aliphatic rings. The number of esters is 3. The van der Waals surface area contributed by atoms with Gasteiger partial charge in [-0.15, -0.1) is 0 Å². The van der Waals surface area contributed by atoms with Crippen molar-refractivity contribution >= 4 is 17.9 Å². The zero-order chi connectivity index (χ0) is 43.0. The summed E-state index contributed by atoms with van der Waals surface area (Å²) in [6, 6.07) is 0. The normalized spacial score (nSPS) is 12.4. The third kappa shape index (κ3) is 46.3. The molecule has 0 fully saturated rings. The highest BCUT2D eigenvalue weighted by Gasteiger charge is 2.19. The van der Waals surface area contributed by atoms with Crippen LogP contribution in [0, 0.1) is 0 Å². The second-order valence-electron chi connectivity index (χ2n) is 16.7. The largest absolute Gasteiger partial charge is 0.462 e. The average molecular weight is 827 g/mol. The molecule has 0 aromatic carbocycles. The van der Waals surface area contributed by atoms with Crippen molar-refractivity contribution in [2.45, 2.75) is 258 Å². The summed E-state index contributed by atoms with van der Waals surface area (Å²) in [5.74, 6) is -0.902. The van der Waals surface area contributed by atoms with Crippen molar-refractivity contribution in [1.29, 1.82) is 0 Å². The molecule has 0 aromatic heterocycles. The molecular weight excluding hydrogens is 733 g/mol. The first kappa shape index (κ1) is 56.4. The Labute approximate surface area is 365 Å². The average Bonchev–Trinajstić information content (AvgIpc) is 3.23. The van der Waals surface area contributed by atoms with E-state index in [-0.39, 0.29) is 31.1 Å². The van der Waals surface area contributed by atoms with E-state index in [2.05, 4.69) is 69.4 Å². The quantitative estimate of drug-likeness (QED) is 0.0263. The van der Waals surface area contributed by atoms with Crippen LogP contribution in [0.25, 0.3) is 0 Å². The summed E-state index contributed by atoms with van der Waals surface area (Å²) < 4.78 is 16.7. The first-order valence-corrected chi connectivity index (χ1v) is 25.1. The number of hydrogen-bond donors (Lipinski definition) is 0. The van der Waals surface area contributed by atoms with Crippen molar-refractivity contribution in [3.8, 4) is 0 Å². The minimum atomic E-state index is -0.778. The molecule has 6 nitrogen and oxygen atoms in total. The second-order valence-corrected chi connectivity index (χ2v) is 16.7. The van der Waals surface area contributed by atoms with Crippen LogP contribution >= 0.6 is 0 Å². The summed E-state index contributed by atoms with van der Waals surface area (Å²) in [6.45, 7) is 6.54. The fraction of sp³-hybridized carbons (Fsp3) is 0.792. The molecule has 1 unspecified atom stereocenters. The van der Waals surface area contributed by atoms with Crippen LogP contribution in [0.1, 0.15) is 252 Å². The van der Waals surface area contributed by atoms with Gasteiger partial charge in [0, 0.05) is 19.3 Å². The maximum Gasteiger partial charge on any atom is 0.306 e. The van der Waals surface area contributed by atoms with Gasteiger partial charge >= 0.3 is 17.9 Å². The first-order chi connectivity index (χ1) is 29.0. The summed E-state index contributed by atoms with van der Waals surface area (Å²) in [5.41, 5.74) is 0. The van der Waals surface area contributed by atoms with Crippen LogP contribution in [0.2, 0.25) is 0 Å². The van der Waals surface area contributed by atoms with Gasteiger partial charge in [0.1, 0.15) is 13.2 Å². The number of carbonyl (C=O) groups excluding carboxylic acids is 3. The Morgan fingerprint density at radius 1 is 0.339 bits per heavy atom. The van der Waals surface area contributed by atoms with Gasteiger partial charge in [0.05, 0.1) is 0 Å². The summed E-state index contributed by atoms with van der Waals surface area (Å²) >= 11 is 0. The van der Waals surface area contributed by atoms with Gasteiger partial charge in [-0.1, -0.05) is 204 Å². The van der Waals surface area contributed by atoms with Crippen LogP contribution in [0.4, 0.5) is 0 Å². The fourth-order valence-corrected chi connectivity index (χ4v) is 6.98. The van der Waals surface area contributed by atoms with Crippen LogP contribution in [0.15, 0.2) is 48.6 Å². The van der Waals surface area contributed by atoms with Gasteiger partial charge in [-0.2, -0.15) is 0 Å². The molecule has 0 saturated heterocycles. The second kappa shape index (κ2) is 48.0. The van der Waals surface area contributed by atoms with Crippen LogP contribution in [0.3, 0.4) is 0 Å². The van der Waals surface area contributed by atoms with Gasteiger partial charge in [0.15, 0.2) is 6.10 Å². The van der Waals surface area contributed by atoms with Crippen LogP contribution < -0.4 is 0 Å². The number of allylic oxidation sites excluding steroid dienone is 8. The lowest BCUT2D eigenvalue weighted by Crippen LogP contribution is -2.30.